The Morgan fingerprint density at radius 2 is 1.62 bits per heavy atom. The summed E-state index contributed by atoms with van der Waals surface area (Å²) in [4.78, 5) is 26.2. The Morgan fingerprint density at radius 3 is 2.30 bits per heavy atom. The number of aryl methyl sites for hydroxylation is 1. The molecule has 1 aromatic heterocycles. The Labute approximate surface area is 232 Å². The minimum atomic E-state index is -4.18. The number of nitrogens with one attached hydrogen (secondary N) is 2. The van der Waals surface area contributed by atoms with Gasteiger partial charge in [-0.25, -0.2) is 8.42 Å². The van der Waals surface area contributed by atoms with Crippen molar-refractivity contribution < 1.29 is 31.9 Å². The number of methoxy groups -OCH3 is 2. The van der Waals surface area contributed by atoms with Gasteiger partial charge in [-0.05, 0) is 55.5 Å². The summed E-state index contributed by atoms with van der Waals surface area (Å²) in [5.41, 5.74) is 1.51. The second-order valence-electron chi connectivity index (χ2n) is 8.72. The van der Waals surface area contributed by atoms with Crippen LogP contribution in [0.3, 0.4) is 0 Å². The zero-order valence-electron chi connectivity index (χ0n) is 22.2. The van der Waals surface area contributed by atoms with Crippen LogP contribution in [0.25, 0.3) is 0 Å². The van der Waals surface area contributed by atoms with Crippen molar-refractivity contribution in [3.05, 3.63) is 102 Å². The summed E-state index contributed by atoms with van der Waals surface area (Å²) in [5, 5.41) is 5.42. The molecule has 10 nitrogen and oxygen atoms in total. The number of hydrogen-bond acceptors (Lipinski definition) is 7. The third kappa shape index (κ3) is 6.44. The minimum Gasteiger partial charge on any atom is -0.493 e. The summed E-state index contributed by atoms with van der Waals surface area (Å²) in [7, 11) is -1.28. The van der Waals surface area contributed by atoms with E-state index in [1.54, 1.807) is 54.6 Å². The lowest BCUT2D eigenvalue weighted by molar-refractivity contribution is -0.114. The van der Waals surface area contributed by atoms with E-state index < -0.39 is 28.4 Å². The summed E-state index contributed by atoms with van der Waals surface area (Å²) in [6, 6.07) is 20.8. The number of hydrogen-bond donors (Lipinski definition) is 2. The first-order chi connectivity index (χ1) is 19.2. The molecule has 0 unspecified atom stereocenters. The minimum absolute atomic E-state index is 0.0124. The van der Waals surface area contributed by atoms with E-state index in [1.807, 2.05) is 6.92 Å². The number of benzene rings is 3. The van der Waals surface area contributed by atoms with Crippen LogP contribution in [-0.2, 0) is 21.4 Å². The molecule has 11 heteroatoms. The molecule has 1 heterocycles. The van der Waals surface area contributed by atoms with Gasteiger partial charge in [0.1, 0.15) is 12.3 Å². The van der Waals surface area contributed by atoms with Crippen LogP contribution in [0.15, 0.2) is 94.4 Å². The van der Waals surface area contributed by atoms with E-state index in [0.29, 0.717) is 17.3 Å². The van der Waals surface area contributed by atoms with Crippen LogP contribution in [0.5, 0.6) is 11.5 Å². The van der Waals surface area contributed by atoms with E-state index in [0.717, 1.165) is 9.87 Å². The fourth-order valence-corrected chi connectivity index (χ4v) is 5.33. The fraction of sp³-hybridized carbons (Fsp3) is 0.172. The highest BCUT2D eigenvalue weighted by molar-refractivity contribution is 7.92. The van der Waals surface area contributed by atoms with Gasteiger partial charge in [-0.3, -0.25) is 13.9 Å². The molecular formula is C29H29N3O7S. The highest BCUT2D eigenvalue weighted by Crippen LogP contribution is 2.34. The van der Waals surface area contributed by atoms with Crippen molar-refractivity contribution in [3.63, 3.8) is 0 Å². The summed E-state index contributed by atoms with van der Waals surface area (Å²) in [6.45, 7) is 1.43. The standard InChI is InChI=1S/C29H29N3O7S/c1-20-10-13-23(14-11-20)40(35,36)32(21-12-15-26(37-2)27(17-21)38-3)19-28(33)31-25-9-5-4-8-24(25)29(34)30-18-22-7-6-16-39-22/h4-17H,18-19H2,1-3H3,(H,30,34)(H,31,33). The lowest BCUT2D eigenvalue weighted by Crippen LogP contribution is -2.38. The van der Waals surface area contributed by atoms with Gasteiger partial charge < -0.3 is 24.5 Å². The number of carbonyl (C=O) groups excluding carboxylic acids is 2. The Bertz CT molecular complexity index is 1580. The Morgan fingerprint density at radius 1 is 0.900 bits per heavy atom. The molecule has 2 N–H and O–H groups in total. The Hall–Kier alpha value is -4.77. The van der Waals surface area contributed by atoms with Crippen molar-refractivity contribution in [2.75, 3.05) is 30.4 Å². The van der Waals surface area contributed by atoms with Crippen molar-refractivity contribution in [1.82, 2.24) is 5.32 Å². The van der Waals surface area contributed by atoms with E-state index in [4.69, 9.17) is 13.9 Å². The van der Waals surface area contributed by atoms with Gasteiger partial charge >= 0.3 is 0 Å². The highest BCUT2D eigenvalue weighted by atomic mass is 32.2. The summed E-state index contributed by atoms with van der Waals surface area (Å²) >= 11 is 0. The number of rotatable bonds is 11. The second kappa shape index (κ2) is 12.4. The summed E-state index contributed by atoms with van der Waals surface area (Å²) in [6.07, 6.45) is 1.50. The van der Waals surface area contributed by atoms with Crippen LogP contribution in [-0.4, -0.2) is 41.0 Å². The van der Waals surface area contributed by atoms with E-state index in [2.05, 4.69) is 10.6 Å². The van der Waals surface area contributed by atoms with Crippen LogP contribution in [0.1, 0.15) is 21.7 Å². The molecule has 4 aromatic rings. The third-order valence-electron chi connectivity index (χ3n) is 6.00. The van der Waals surface area contributed by atoms with Gasteiger partial charge in [0.25, 0.3) is 15.9 Å². The third-order valence-corrected chi connectivity index (χ3v) is 7.79. The molecule has 0 saturated carbocycles. The number of ether oxygens (including phenoxy) is 2. The van der Waals surface area contributed by atoms with Gasteiger partial charge in [0.05, 0.1) is 48.9 Å². The first-order valence-electron chi connectivity index (χ1n) is 12.2. The van der Waals surface area contributed by atoms with E-state index in [9.17, 15) is 18.0 Å². The Kier molecular flexibility index (Phi) is 8.75. The molecule has 208 valence electrons. The van der Waals surface area contributed by atoms with Crippen molar-refractivity contribution in [2.24, 2.45) is 0 Å². The van der Waals surface area contributed by atoms with Gasteiger partial charge in [-0.2, -0.15) is 0 Å². The van der Waals surface area contributed by atoms with Crippen molar-refractivity contribution in [1.29, 1.82) is 0 Å². The fourth-order valence-electron chi connectivity index (χ4n) is 3.92. The average molecular weight is 564 g/mol. The molecule has 0 bridgehead atoms. The maximum atomic E-state index is 13.8. The molecule has 40 heavy (non-hydrogen) atoms. The topological polar surface area (TPSA) is 127 Å². The predicted molar refractivity (Wildman–Crippen MR) is 150 cm³/mol. The van der Waals surface area contributed by atoms with Gasteiger partial charge in [-0.15, -0.1) is 0 Å². The number of furan rings is 1. The van der Waals surface area contributed by atoms with E-state index in [1.165, 1.54) is 44.7 Å². The molecule has 3 aromatic carbocycles. The largest absolute Gasteiger partial charge is 0.493 e. The first kappa shape index (κ1) is 28.2. The number of nitrogens with zero attached hydrogens (tertiary/aromatic N) is 1. The number of para-hydroxylation sites is 1. The zero-order valence-corrected chi connectivity index (χ0v) is 23.0. The number of amides is 2. The molecule has 0 atom stereocenters. The van der Waals surface area contributed by atoms with Gasteiger partial charge in [0.2, 0.25) is 5.91 Å². The van der Waals surface area contributed by atoms with Gasteiger partial charge in [0.15, 0.2) is 11.5 Å². The molecular weight excluding hydrogens is 534 g/mol. The lowest BCUT2D eigenvalue weighted by atomic mass is 10.1. The van der Waals surface area contributed by atoms with Crippen LogP contribution in [0.4, 0.5) is 11.4 Å². The maximum Gasteiger partial charge on any atom is 0.264 e. The smallest absolute Gasteiger partial charge is 0.264 e. The molecule has 0 radical (unpaired) electrons. The highest BCUT2D eigenvalue weighted by Gasteiger charge is 2.28. The van der Waals surface area contributed by atoms with E-state index in [-0.39, 0.29) is 28.4 Å². The number of sulfonamides is 1. The normalized spacial score (nSPS) is 11.0. The van der Waals surface area contributed by atoms with Crippen LogP contribution in [0.2, 0.25) is 0 Å². The lowest BCUT2D eigenvalue weighted by Gasteiger charge is -2.25. The predicted octanol–water partition coefficient (Wildman–Crippen LogP) is 4.37. The molecule has 0 spiro atoms. The monoisotopic (exact) mass is 563 g/mol. The quantitative estimate of drug-likeness (QED) is 0.277. The molecule has 0 aliphatic heterocycles. The maximum absolute atomic E-state index is 13.8. The van der Waals surface area contributed by atoms with Crippen LogP contribution in [0, 0.1) is 6.92 Å². The Balaban J connectivity index is 1.62. The van der Waals surface area contributed by atoms with Gasteiger partial charge in [-0.1, -0.05) is 29.8 Å². The van der Waals surface area contributed by atoms with Crippen molar-refractivity contribution >= 4 is 33.2 Å². The summed E-state index contributed by atoms with van der Waals surface area (Å²) < 4.78 is 44.4. The zero-order chi connectivity index (χ0) is 28.7. The number of carbonyl (C=O) groups is 2. The summed E-state index contributed by atoms with van der Waals surface area (Å²) in [5.74, 6) is 0.177. The molecule has 0 saturated heterocycles. The average Bonchev–Trinajstić information content (AvgIpc) is 3.48. The second-order valence-corrected chi connectivity index (χ2v) is 10.6. The van der Waals surface area contributed by atoms with Gasteiger partial charge in [0, 0.05) is 6.07 Å². The molecule has 2 amide bonds. The van der Waals surface area contributed by atoms with Crippen LogP contribution < -0.4 is 24.4 Å². The molecule has 0 fully saturated rings. The van der Waals surface area contributed by atoms with E-state index >= 15 is 0 Å². The first-order valence-corrected chi connectivity index (χ1v) is 13.7. The molecule has 0 aliphatic carbocycles. The molecule has 4 rings (SSSR count). The van der Waals surface area contributed by atoms with Crippen LogP contribution >= 0.6 is 0 Å². The number of anilines is 2. The van der Waals surface area contributed by atoms with Crippen molar-refractivity contribution in [3.8, 4) is 11.5 Å². The van der Waals surface area contributed by atoms with Crippen molar-refractivity contribution in [2.45, 2.75) is 18.4 Å². The molecule has 0 aliphatic rings. The SMILES string of the molecule is COc1ccc(N(CC(=O)Nc2ccccc2C(=O)NCc2ccco2)S(=O)(=O)c2ccc(C)cc2)cc1OC.